The lowest BCUT2D eigenvalue weighted by Crippen LogP contribution is -2.15. The van der Waals surface area contributed by atoms with Crippen molar-refractivity contribution in [2.75, 3.05) is 18.6 Å². The molecular formula is C14H12ClN3O2. The quantitative estimate of drug-likeness (QED) is 0.697. The Bertz CT molecular complexity index is 632. The van der Waals surface area contributed by atoms with Crippen LogP contribution < -0.4 is 14.9 Å². The fourth-order valence-electron chi connectivity index (χ4n) is 1.81. The first-order valence-corrected chi connectivity index (χ1v) is 6.50. The molecule has 0 radical (unpaired) electrons. The monoisotopic (exact) mass is 289 g/mol. The number of ether oxygens (including phenoxy) is 2. The van der Waals surface area contributed by atoms with Crippen LogP contribution in [-0.2, 0) is 0 Å². The van der Waals surface area contributed by atoms with Crippen molar-refractivity contribution in [2.24, 2.45) is 5.10 Å². The van der Waals surface area contributed by atoms with Gasteiger partial charge in [-0.3, -0.25) is 5.43 Å². The van der Waals surface area contributed by atoms with E-state index < -0.39 is 0 Å². The van der Waals surface area contributed by atoms with Gasteiger partial charge in [0.05, 0.1) is 11.2 Å². The third-order valence-electron chi connectivity index (χ3n) is 2.68. The summed E-state index contributed by atoms with van der Waals surface area (Å²) in [5.41, 5.74) is 3.66. The number of hydrogen-bond acceptors (Lipinski definition) is 5. The van der Waals surface area contributed by atoms with Gasteiger partial charge in [-0.15, -0.1) is 0 Å². The van der Waals surface area contributed by atoms with Crippen LogP contribution in [-0.4, -0.2) is 24.4 Å². The van der Waals surface area contributed by atoms with Gasteiger partial charge in [0, 0.05) is 6.20 Å². The molecule has 0 atom stereocenters. The lowest BCUT2D eigenvalue weighted by atomic mass is 10.2. The van der Waals surface area contributed by atoms with E-state index in [0.29, 0.717) is 35.6 Å². The number of pyridine rings is 1. The van der Waals surface area contributed by atoms with Crippen molar-refractivity contribution in [1.29, 1.82) is 0 Å². The highest BCUT2D eigenvalue weighted by Crippen LogP contribution is 2.37. The SMILES string of the molecule is Clc1cc(/C=N\Nc2ccccn2)cc2c1OCCO2. The van der Waals surface area contributed by atoms with E-state index in [9.17, 15) is 0 Å². The Labute approximate surface area is 121 Å². The summed E-state index contributed by atoms with van der Waals surface area (Å²) >= 11 is 6.14. The van der Waals surface area contributed by atoms with Crippen LogP contribution in [0.25, 0.3) is 0 Å². The molecule has 0 bridgehead atoms. The largest absolute Gasteiger partial charge is 0.486 e. The Morgan fingerprint density at radius 3 is 3.00 bits per heavy atom. The summed E-state index contributed by atoms with van der Waals surface area (Å²) in [5, 5.41) is 4.62. The number of rotatable bonds is 3. The summed E-state index contributed by atoms with van der Waals surface area (Å²) < 4.78 is 11.0. The van der Waals surface area contributed by atoms with Crippen LogP contribution in [0.3, 0.4) is 0 Å². The standard InChI is InChI=1S/C14H12ClN3O2/c15-11-7-10(8-12-14(11)20-6-5-19-12)9-17-18-13-3-1-2-4-16-13/h1-4,7-9H,5-6H2,(H,16,18)/b17-9-. The van der Waals surface area contributed by atoms with Gasteiger partial charge in [0.2, 0.25) is 0 Å². The van der Waals surface area contributed by atoms with Crippen molar-refractivity contribution in [2.45, 2.75) is 0 Å². The number of hydrazone groups is 1. The minimum atomic E-state index is 0.515. The molecule has 1 aromatic carbocycles. The van der Waals surface area contributed by atoms with Crippen molar-refractivity contribution in [3.63, 3.8) is 0 Å². The molecule has 5 nitrogen and oxygen atoms in total. The number of hydrogen-bond donors (Lipinski definition) is 1. The minimum absolute atomic E-state index is 0.515. The first kappa shape index (κ1) is 12.7. The van der Waals surface area contributed by atoms with Gasteiger partial charge < -0.3 is 9.47 Å². The third-order valence-corrected chi connectivity index (χ3v) is 2.96. The Hall–Kier alpha value is -2.27. The number of nitrogens with one attached hydrogen (secondary N) is 1. The molecule has 1 aromatic heterocycles. The molecule has 20 heavy (non-hydrogen) atoms. The van der Waals surface area contributed by atoms with E-state index >= 15 is 0 Å². The molecule has 1 aliphatic heterocycles. The maximum Gasteiger partial charge on any atom is 0.179 e. The topological polar surface area (TPSA) is 55.7 Å². The number of benzene rings is 1. The molecule has 0 aliphatic carbocycles. The van der Waals surface area contributed by atoms with Crippen molar-refractivity contribution in [3.8, 4) is 11.5 Å². The van der Waals surface area contributed by atoms with Gasteiger partial charge in [0.15, 0.2) is 11.5 Å². The van der Waals surface area contributed by atoms with Crippen molar-refractivity contribution >= 4 is 23.6 Å². The summed E-state index contributed by atoms with van der Waals surface area (Å²) in [5.74, 6) is 1.91. The molecule has 1 aliphatic rings. The summed E-state index contributed by atoms with van der Waals surface area (Å²) in [6, 6.07) is 9.16. The second-order valence-corrected chi connectivity index (χ2v) is 4.52. The lowest BCUT2D eigenvalue weighted by molar-refractivity contribution is 0.171. The van der Waals surface area contributed by atoms with Crippen LogP contribution in [0.2, 0.25) is 5.02 Å². The smallest absolute Gasteiger partial charge is 0.179 e. The minimum Gasteiger partial charge on any atom is -0.486 e. The van der Waals surface area contributed by atoms with Gasteiger partial charge in [-0.25, -0.2) is 4.98 Å². The first-order chi connectivity index (χ1) is 9.83. The predicted octanol–water partition coefficient (Wildman–Crippen LogP) is 2.95. The highest BCUT2D eigenvalue weighted by atomic mass is 35.5. The van der Waals surface area contributed by atoms with Crippen LogP contribution in [0.1, 0.15) is 5.56 Å². The third kappa shape index (κ3) is 2.83. The fourth-order valence-corrected chi connectivity index (χ4v) is 2.08. The van der Waals surface area contributed by atoms with Gasteiger partial charge in [-0.05, 0) is 29.8 Å². The summed E-state index contributed by atoms with van der Waals surface area (Å²) in [6.45, 7) is 1.04. The van der Waals surface area contributed by atoms with Crippen molar-refractivity contribution < 1.29 is 9.47 Å². The van der Waals surface area contributed by atoms with Crippen LogP contribution in [0.4, 0.5) is 5.82 Å². The molecule has 2 heterocycles. The molecule has 6 heteroatoms. The number of aromatic nitrogens is 1. The van der Waals surface area contributed by atoms with Gasteiger partial charge >= 0.3 is 0 Å². The Morgan fingerprint density at radius 1 is 1.25 bits per heavy atom. The second kappa shape index (κ2) is 5.79. The van der Waals surface area contributed by atoms with Crippen LogP contribution in [0.5, 0.6) is 11.5 Å². The summed E-state index contributed by atoms with van der Waals surface area (Å²) in [7, 11) is 0. The van der Waals surface area contributed by atoms with E-state index in [2.05, 4.69) is 15.5 Å². The number of halogens is 1. The zero-order valence-corrected chi connectivity index (χ0v) is 11.3. The highest BCUT2D eigenvalue weighted by Gasteiger charge is 2.15. The van der Waals surface area contributed by atoms with Crippen LogP contribution >= 0.6 is 11.6 Å². The number of fused-ring (bicyclic) bond motifs is 1. The van der Waals surface area contributed by atoms with Gasteiger partial charge in [0.1, 0.15) is 19.0 Å². The number of nitrogens with zero attached hydrogens (tertiary/aromatic N) is 2. The van der Waals surface area contributed by atoms with Crippen molar-refractivity contribution in [3.05, 3.63) is 47.1 Å². The summed E-state index contributed by atoms with van der Waals surface area (Å²) in [4.78, 5) is 4.10. The van der Waals surface area contributed by atoms with Gasteiger partial charge in [0.25, 0.3) is 0 Å². The van der Waals surface area contributed by atoms with Crippen LogP contribution in [0, 0.1) is 0 Å². The highest BCUT2D eigenvalue weighted by molar-refractivity contribution is 6.32. The molecular weight excluding hydrogens is 278 g/mol. The molecule has 0 amide bonds. The normalized spacial score (nSPS) is 13.4. The van der Waals surface area contributed by atoms with Gasteiger partial charge in [-0.2, -0.15) is 5.10 Å². The Kier molecular flexibility index (Phi) is 3.69. The molecule has 3 rings (SSSR count). The molecule has 0 saturated heterocycles. The Morgan fingerprint density at radius 2 is 2.15 bits per heavy atom. The van der Waals surface area contributed by atoms with Crippen molar-refractivity contribution in [1.82, 2.24) is 4.98 Å². The summed E-state index contributed by atoms with van der Waals surface area (Å²) in [6.07, 6.45) is 3.34. The average molecular weight is 290 g/mol. The molecule has 1 N–H and O–H groups in total. The Balaban J connectivity index is 1.76. The molecule has 0 spiro atoms. The molecule has 0 fully saturated rings. The van der Waals surface area contributed by atoms with E-state index in [1.54, 1.807) is 18.5 Å². The fraction of sp³-hybridized carbons (Fsp3) is 0.143. The number of anilines is 1. The van der Waals surface area contributed by atoms with E-state index in [1.165, 1.54) is 0 Å². The second-order valence-electron chi connectivity index (χ2n) is 4.11. The first-order valence-electron chi connectivity index (χ1n) is 6.12. The average Bonchev–Trinajstić information content (AvgIpc) is 2.48. The molecule has 0 unspecified atom stereocenters. The predicted molar refractivity (Wildman–Crippen MR) is 77.9 cm³/mol. The zero-order valence-electron chi connectivity index (χ0n) is 10.5. The molecule has 102 valence electrons. The van der Waals surface area contributed by atoms with Gasteiger partial charge in [-0.1, -0.05) is 17.7 Å². The maximum absolute atomic E-state index is 6.14. The van der Waals surface area contributed by atoms with Crippen LogP contribution in [0.15, 0.2) is 41.6 Å². The zero-order chi connectivity index (χ0) is 13.8. The molecule has 2 aromatic rings. The van der Waals surface area contributed by atoms with E-state index in [-0.39, 0.29) is 0 Å². The lowest BCUT2D eigenvalue weighted by Gasteiger charge is -2.19. The molecule has 0 saturated carbocycles. The van der Waals surface area contributed by atoms with E-state index in [1.807, 2.05) is 24.3 Å². The van der Waals surface area contributed by atoms with E-state index in [0.717, 1.165) is 5.56 Å². The maximum atomic E-state index is 6.14. The van der Waals surface area contributed by atoms with E-state index in [4.69, 9.17) is 21.1 Å².